The molecule has 0 aliphatic carbocycles. The van der Waals surface area contributed by atoms with Crippen molar-refractivity contribution in [3.8, 4) is 0 Å². The maximum atomic E-state index is 12.9. The van der Waals surface area contributed by atoms with Crippen LogP contribution in [-0.2, 0) is 61.8 Å². The number of nitro groups is 1. The minimum atomic E-state index is -1.81. The Morgan fingerprint density at radius 1 is 0.596 bits per heavy atom. The third kappa shape index (κ3) is 9.53. The first-order valence-electron chi connectivity index (χ1n) is 16.6. The summed E-state index contributed by atoms with van der Waals surface area (Å²) in [6.45, 7) is 7.07. The van der Waals surface area contributed by atoms with Crippen molar-refractivity contribution in [2.24, 2.45) is 0 Å². The van der Waals surface area contributed by atoms with E-state index in [4.69, 9.17) is 24.7 Å². The second-order valence-corrected chi connectivity index (χ2v) is 11.1. The first-order chi connectivity index (χ1) is 25.0. The minimum absolute atomic E-state index is 0.0371. The maximum Gasteiger partial charge on any atom is 0.328 e. The number of nitrogen functional groups attached to an aromatic ring is 1. The maximum absolute atomic E-state index is 12.9. The fraction of sp³-hybridized carbons (Fsp3) is 0.316. The lowest BCUT2D eigenvalue weighted by atomic mass is 9.76. The second-order valence-electron chi connectivity index (χ2n) is 11.1. The highest BCUT2D eigenvalue weighted by Gasteiger charge is 2.52. The van der Waals surface area contributed by atoms with Crippen LogP contribution in [0.5, 0.6) is 0 Å². The molecule has 0 unspecified atom stereocenters. The highest BCUT2D eigenvalue weighted by molar-refractivity contribution is 6.07. The fourth-order valence-electron chi connectivity index (χ4n) is 5.33. The van der Waals surface area contributed by atoms with Gasteiger partial charge >= 0.3 is 23.9 Å². The molecule has 52 heavy (non-hydrogen) atoms. The van der Waals surface area contributed by atoms with Crippen molar-refractivity contribution >= 4 is 35.3 Å². The largest absolute Gasteiger partial charge is 0.465 e. The van der Waals surface area contributed by atoms with E-state index in [1.807, 2.05) is 0 Å². The molecule has 274 valence electrons. The van der Waals surface area contributed by atoms with Gasteiger partial charge in [0.1, 0.15) is 0 Å². The molecule has 0 aliphatic heterocycles. The van der Waals surface area contributed by atoms with Crippen LogP contribution in [0.2, 0.25) is 0 Å². The highest BCUT2D eigenvalue weighted by atomic mass is 16.6. The van der Waals surface area contributed by atoms with Gasteiger partial charge in [-0.3, -0.25) is 39.3 Å². The van der Waals surface area contributed by atoms with Crippen LogP contribution in [0.1, 0.15) is 50.2 Å². The van der Waals surface area contributed by atoms with E-state index >= 15 is 0 Å². The number of nitro benzene ring substituents is 1. The summed E-state index contributed by atoms with van der Waals surface area (Å²) < 4.78 is 20.8. The molecule has 0 bridgehead atoms. The van der Waals surface area contributed by atoms with Gasteiger partial charge in [-0.2, -0.15) is 0 Å². The molecule has 4 rings (SSSR count). The van der Waals surface area contributed by atoms with E-state index in [1.165, 1.54) is 24.3 Å². The van der Waals surface area contributed by atoms with Crippen molar-refractivity contribution in [3.05, 3.63) is 130 Å². The summed E-state index contributed by atoms with van der Waals surface area (Å²) in [6.07, 6.45) is 3.10. The van der Waals surface area contributed by atoms with Crippen LogP contribution in [0.4, 0.5) is 11.4 Å². The van der Waals surface area contributed by atoms with Gasteiger partial charge in [0, 0.05) is 54.4 Å². The molecular formula is C38H42N4O10. The molecule has 14 nitrogen and oxygen atoms in total. The molecule has 0 aliphatic rings. The van der Waals surface area contributed by atoms with E-state index in [1.54, 1.807) is 101 Å². The quantitative estimate of drug-likeness (QED) is 0.0437. The molecule has 14 heteroatoms. The molecule has 0 spiro atoms. The number of non-ortho nitro benzene ring substituents is 1. The first kappa shape index (κ1) is 40.3. The Labute approximate surface area is 301 Å². The summed E-state index contributed by atoms with van der Waals surface area (Å²) >= 11 is 0. The van der Waals surface area contributed by atoms with Crippen LogP contribution >= 0.6 is 0 Å². The summed E-state index contributed by atoms with van der Waals surface area (Å²) in [5.74, 6) is -2.90. The van der Waals surface area contributed by atoms with Crippen molar-refractivity contribution in [2.45, 2.75) is 51.4 Å². The number of benzene rings is 2. The van der Waals surface area contributed by atoms with Crippen molar-refractivity contribution in [1.29, 1.82) is 0 Å². The highest BCUT2D eigenvalue weighted by Crippen LogP contribution is 2.34. The fourth-order valence-corrected chi connectivity index (χ4v) is 5.33. The number of pyridine rings is 2. The predicted octanol–water partition coefficient (Wildman–Crippen LogP) is 4.87. The van der Waals surface area contributed by atoms with Gasteiger partial charge in [-0.05, 0) is 75.2 Å². The number of esters is 4. The van der Waals surface area contributed by atoms with Gasteiger partial charge in [0.25, 0.3) is 5.69 Å². The standard InChI is InChI=1S/C19H20N2O6.C19H22N2O4/c1-3-26-17(22)19(18(23)27-4-2,13-15-7-5-6-12-20-15)14-8-10-16(11-9-14)21(24)25;1-3-24-17(22)19(18(23)25-4-2,13-16-7-5-6-12-21-16)14-8-10-15(20)11-9-14/h5-12H,3-4,13H2,1-2H3;5-12H,3-4,13,20H2,1-2H3. The Morgan fingerprint density at radius 3 is 1.23 bits per heavy atom. The molecule has 0 radical (unpaired) electrons. The number of hydrogen-bond donors (Lipinski definition) is 1. The second kappa shape index (κ2) is 19.3. The van der Waals surface area contributed by atoms with Crippen LogP contribution in [0.3, 0.4) is 0 Å². The summed E-state index contributed by atoms with van der Waals surface area (Å²) in [5, 5.41) is 10.9. The topological polar surface area (TPSA) is 200 Å². The summed E-state index contributed by atoms with van der Waals surface area (Å²) in [5.41, 5.74) is 4.46. The van der Waals surface area contributed by atoms with E-state index in [9.17, 15) is 29.3 Å². The van der Waals surface area contributed by atoms with E-state index < -0.39 is 39.6 Å². The number of rotatable bonds is 15. The van der Waals surface area contributed by atoms with E-state index in [0.717, 1.165) is 0 Å². The van der Waals surface area contributed by atoms with Crippen molar-refractivity contribution in [3.63, 3.8) is 0 Å². The number of hydrogen-bond acceptors (Lipinski definition) is 13. The van der Waals surface area contributed by atoms with Crippen LogP contribution in [0.25, 0.3) is 0 Å². The molecule has 0 amide bonds. The smallest absolute Gasteiger partial charge is 0.328 e. The molecule has 0 fully saturated rings. The van der Waals surface area contributed by atoms with Crippen molar-refractivity contribution in [1.82, 2.24) is 9.97 Å². The molecule has 2 aromatic heterocycles. The Kier molecular flexibility index (Phi) is 14.9. The molecule has 0 saturated heterocycles. The lowest BCUT2D eigenvalue weighted by Crippen LogP contribution is -2.48. The van der Waals surface area contributed by atoms with Crippen LogP contribution in [0, 0.1) is 10.1 Å². The lowest BCUT2D eigenvalue weighted by Gasteiger charge is -2.29. The zero-order valence-corrected chi connectivity index (χ0v) is 29.5. The molecule has 0 saturated carbocycles. The lowest BCUT2D eigenvalue weighted by molar-refractivity contribution is -0.384. The molecule has 2 heterocycles. The molecule has 4 aromatic rings. The molecular weight excluding hydrogens is 672 g/mol. The summed E-state index contributed by atoms with van der Waals surface area (Å²) in [6, 6.07) is 22.2. The van der Waals surface area contributed by atoms with E-state index in [0.29, 0.717) is 22.6 Å². The molecule has 0 atom stereocenters. The van der Waals surface area contributed by atoms with E-state index in [2.05, 4.69) is 9.97 Å². The molecule has 2 N–H and O–H groups in total. The average Bonchev–Trinajstić information content (AvgIpc) is 3.14. The number of ether oxygens (including phenoxy) is 4. The van der Waals surface area contributed by atoms with Gasteiger partial charge in [-0.25, -0.2) is 0 Å². The van der Waals surface area contributed by atoms with Gasteiger partial charge in [0.15, 0.2) is 10.8 Å². The Hall–Kier alpha value is -6.18. The molecule has 2 aromatic carbocycles. The number of anilines is 1. The van der Waals surface area contributed by atoms with Gasteiger partial charge in [0.2, 0.25) is 0 Å². The SMILES string of the molecule is CCOC(=O)C(Cc1ccccn1)(C(=O)OCC)c1ccc(N)cc1.CCOC(=O)C(Cc1ccccn1)(C(=O)OCC)c1ccc([N+](=O)[O-])cc1. The number of carbonyl (C=O) groups excluding carboxylic acids is 4. The Bertz CT molecular complexity index is 1750. The minimum Gasteiger partial charge on any atom is -0.465 e. The first-order valence-corrected chi connectivity index (χ1v) is 16.6. The average molecular weight is 715 g/mol. The van der Waals surface area contributed by atoms with Gasteiger partial charge in [-0.15, -0.1) is 0 Å². The van der Waals surface area contributed by atoms with Crippen LogP contribution in [0.15, 0.2) is 97.3 Å². The normalized spacial score (nSPS) is 10.9. The van der Waals surface area contributed by atoms with Gasteiger partial charge in [0.05, 0.1) is 31.4 Å². The predicted molar refractivity (Wildman–Crippen MR) is 190 cm³/mol. The number of nitrogens with two attached hydrogens (primary N) is 1. The van der Waals surface area contributed by atoms with Gasteiger partial charge < -0.3 is 24.7 Å². The van der Waals surface area contributed by atoms with Crippen LogP contribution in [-0.4, -0.2) is 65.2 Å². The third-order valence-corrected chi connectivity index (χ3v) is 7.81. The Balaban J connectivity index is 0.000000281. The Morgan fingerprint density at radius 2 is 0.942 bits per heavy atom. The van der Waals surface area contributed by atoms with Crippen molar-refractivity contribution < 1.29 is 43.0 Å². The van der Waals surface area contributed by atoms with Crippen LogP contribution < -0.4 is 5.73 Å². The summed E-state index contributed by atoms with van der Waals surface area (Å²) in [7, 11) is 0. The number of aromatic nitrogens is 2. The zero-order valence-electron chi connectivity index (χ0n) is 29.5. The van der Waals surface area contributed by atoms with Gasteiger partial charge in [-0.1, -0.05) is 36.4 Å². The number of nitrogens with zero attached hydrogens (tertiary/aromatic N) is 3. The third-order valence-electron chi connectivity index (χ3n) is 7.81. The van der Waals surface area contributed by atoms with E-state index in [-0.39, 0.29) is 50.5 Å². The monoisotopic (exact) mass is 714 g/mol. The summed E-state index contributed by atoms with van der Waals surface area (Å²) in [4.78, 5) is 70.4. The zero-order chi connectivity index (χ0) is 38.1. The van der Waals surface area contributed by atoms with Crippen molar-refractivity contribution in [2.75, 3.05) is 32.2 Å². The number of carbonyl (C=O) groups is 4.